The summed E-state index contributed by atoms with van der Waals surface area (Å²) in [7, 11) is 0. The van der Waals surface area contributed by atoms with Crippen LogP contribution in [0.5, 0.6) is 0 Å². The van der Waals surface area contributed by atoms with Crippen molar-refractivity contribution in [2.24, 2.45) is 50.2 Å². The van der Waals surface area contributed by atoms with Crippen LogP contribution in [0, 0.1) is 56.8 Å². The largest absolute Gasteiger partial charge is 0.462 e. The summed E-state index contributed by atoms with van der Waals surface area (Å²) in [4.78, 5) is 44.9. The summed E-state index contributed by atoms with van der Waals surface area (Å²) in [5.74, 6) is 0.294. The molecule has 6 nitrogen and oxygen atoms in total. The zero-order valence-electron chi connectivity index (χ0n) is 28.2. The molecule has 6 aliphatic rings. The number of carbonyl (C=O) groups excluding carboxylic acids is 3. The maximum absolute atomic E-state index is 14.7. The number of hydrogen-bond acceptors (Lipinski definition) is 5. The highest BCUT2D eigenvalue weighted by Crippen LogP contribution is 2.75. The van der Waals surface area contributed by atoms with Gasteiger partial charge in [0, 0.05) is 23.2 Å². The minimum absolute atomic E-state index is 0.0226. The number of fused-ring (bicyclic) bond motifs is 7. The molecule has 1 aliphatic heterocycles. The number of rotatable bonds is 4. The zero-order valence-corrected chi connectivity index (χ0v) is 28.2. The van der Waals surface area contributed by atoms with Gasteiger partial charge in [0.2, 0.25) is 5.70 Å². The van der Waals surface area contributed by atoms with Crippen molar-refractivity contribution in [3.63, 3.8) is 0 Å². The maximum atomic E-state index is 14.7. The van der Waals surface area contributed by atoms with Gasteiger partial charge in [0.25, 0.3) is 0 Å². The summed E-state index contributed by atoms with van der Waals surface area (Å²) < 4.78 is 5.93. The van der Waals surface area contributed by atoms with Crippen molar-refractivity contribution in [2.45, 2.75) is 125 Å². The first-order chi connectivity index (χ1) is 20.5. The normalized spacial score (nSPS) is 42.8. The van der Waals surface area contributed by atoms with Gasteiger partial charge in [-0.05, 0) is 117 Å². The third-order valence-electron chi connectivity index (χ3n) is 14.4. The van der Waals surface area contributed by atoms with Crippen LogP contribution in [0.2, 0.25) is 0 Å². The molecule has 240 valence electrons. The molecule has 7 atom stereocenters. The van der Waals surface area contributed by atoms with E-state index in [4.69, 9.17) is 11.3 Å². The van der Waals surface area contributed by atoms with Gasteiger partial charge in [-0.2, -0.15) is 0 Å². The maximum Gasteiger partial charge on any atom is 0.306 e. The molecule has 0 aromatic heterocycles. The summed E-state index contributed by atoms with van der Waals surface area (Å²) in [6.07, 6.45) is 14.0. The Hall–Kier alpha value is -2.26. The molecule has 0 aromatic rings. The molecule has 1 N–H and O–H groups in total. The molecular formula is C38H54N2O4. The highest BCUT2D eigenvalue weighted by molar-refractivity contribution is 6.03. The van der Waals surface area contributed by atoms with Gasteiger partial charge in [0.05, 0.1) is 6.57 Å². The molecular weight excluding hydrogens is 548 g/mol. The molecule has 0 radical (unpaired) electrons. The predicted octanol–water partition coefficient (Wildman–Crippen LogP) is 7.63. The Morgan fingerprint density at radius 1 is 0.977 bits per heavy atom. The number of esters is 1. The molecule has 1 heterocycles. The molecule has 0 bridgehead atoms. The lowest BCUT2D eigenvalue weighted by atomic mass is 9.34. The number of carbonyl (C=O) groups is 3. The Kier molecular flexibility index (Phi) is 7.48. The lowest BCUT2D eigenvalue weighted by molar-refractivity contribution is -0.174. The van der Waals surface area contributed by atoms with E-state index >= 15 is 0 Å². The van der Waals surface area contributed by atoms with E-state index in [-0.39, 0.29) is 68.8 Å². The smallest absolute Gasteiger partial charge is 0.306 e. The highest BCUT2D eigenvalue weighted by atomic mass is 16.5. The number of Topliss-reactive ketones (excluding diaryl/α,β-unsaturated/α-hetero) is 1. The Morgan fingerprint density at radius 2 is 1.66 bits per heavy atom. The van der Waals surface area contributed by atoms with Gasteiger partial charge in [0.1, 0.15) is 6.10 Å². The lowest BCUT2D eigenvalue weighted by Gasteiger charge is -2.69. The molecule has 0 unspecified atom stereocenters. The highest BCUT2D eigenvalue weighted by Gasteiger charge is 2.69. The van der Waals surface area contributed by atoms with Crippen molar-refractivity contribution < 1.29 is 19.1 Å². The van der Waals surface area contributed by atoms with Gasteiger partial charge in [-0.25, -0.2) is 4.85 Å². The first kappa shape index (κ1) is 31.7. The van der Waals surface area contributed by atoms with Crippen LogP contribution in [-0.4, -0.2) is 36.7 Å². The minimum Gasteiger partial charge on any atom is -0.462 e. The molecule has 1 saturated heterocycles. The monoisotopic (exact) mass is 602 g/mol. The quantitative estimate of drug-likeness (QED) is 0.264. The van der Waals surface area contributed by atoms with Crippen LogP contribution in [0.1, 0.15) is 119 Å². The van der Waals surface area contributed by atoms with Crippen LogP contribution in [0.25, 0.3) is 4.85 Å². The van der Waals surface area contributed by atoms with Crippen LogP contribution >= 0.6 is 0 Å². The summed E-state index contributed by atoms with van der Waals surface area (Å²) in [5.41, 5.74) is -0.0850. The average Bonchev–Trinajstić information content (AvgIpc) is 2.96. The fraction of sp³-hybridized carbons (Fsp3) is 0.789. The number of ether oxygens (including phenoxy) is 1. The number of piperidine rings is 1. The van der Waals surface area contributed by atoms with Crippen LogP contribution in [0.15, 0.2) is 23.4 Å². The molecule has 3 saturated carbocycles. The minimum atomic E-state index is -0.649. The van der Waals surface area contributed by atoms with Gasteiger partial charge >= 0.3 is 5.97 Å². The van der Waals surface area contributed by atoms with Crippen molar-refractivity contribution in [1.29, 1.82) is 0 Å². The third kappa shape index (κ3) is 4.53. The van der Waals surface area contributed by atoms with E-state index in [0.29, 0.717) is 6.42 Å². The molecule has 44 heavy (non-hydrogen) atoms. The van der Waals surface area contributed by atoms with Crippen molar-refractivity contribution in [3.05, 3.63) is 34.8 Å². The van der Waals surface area contributed by atoms with E-state index in [9.17, 15) is 14.4 Å². The van der Waals surface area contributed by atoms with E-state index in [1.807, 2.05) is 26.0 Å². The van der Waals surface area contributed by atoms with Crippen molar-refractivity contribution in [1.82, 2.24) is 5.32 Å². The van der Waals surface area contributed by atoms with E-state index in [1.54, 1.807) is 0 Å². The number of nitrogens with zero attached hydrogens (tertiary/aromatic N) is 1. The zero-order chi connectivity index (χ0) is 31.9. The van der Waals surface area contributed by atoms with E-state index in [0.717, 1.165) is 82.9 Å². The Morgan fingerprint density at radius 3 is 2.34 bits per heavy atom. The van der Waals surface area contributed by atoms with E-state index in [1.165, 1.54) is 0 Å². The topological polar surface area (TPSA) is 76.8 Å². The second-order valence-corrected chi connectivity index (χ2v) is 17.5. The number of ketones is 2. The Bertz CT molecular complexity index is 1360. The first-order valence-corrected chi connectivity index (χ1v) is 17.3. The molecule has 0 aromatic carbocycles. The SMILES string of the molecule is [C-]#[N+]C1=C[C@]2(C)C3=CC(=O)[C@@H]4[C@@H]5CC(C)(C)CC[C@]5(CCC(=O)OC5CCNCC5)CC[C@@]4(C)[C@]3(C)CC[C@H]2C(C)(C)C1=O. The molecule has 6 heteroatoms. The Labute approximate surface area is 265 Å². The van der Waals surface area contributed by atoms with E-state index < -0.39 is 10.8 Å². The van der Waals surface area contributed by atoms with Crippen molar-refractivity contribution in [3.8, 4) is 0 Å². The van der Waals surface area contributed by atoms with Gasteiger partial charge in [-0.15, -0.1) is 0 Å². The Balaban J connectivity index is 1.36. The second-order valence-electron chi connectivity index (χ2n) is 17.5. The molecule has 0 spiro atoms. The van der Waals surface area contributed by atoms with Gasteiger partial charge < -0.3 is 14.8 Å². The number of nitrogens with one attached hydrogen (secondary N) is 1. The fourth-order valence-corrected chi connectivity index (χ4v) is 11.7. The van der Waals surface area contributed by atoms with Crippen LogP contribution < -0.4 is 5.32 Å². The number of allylic oxidation sites excluding steroid dienone is 4. The molecule has 0 amide bonds. The van der Waals surface area contributed by atoms with Crippen molar-refractivity contribution in [2.75, 3.05) is 13.1 Å². The van der Waals surface area contributed by atoms with Crippen molar-refractivity contribution >= 4 is 17.5 Å². The van der Waals surface area contributed by atoms with Gasteiger partial charge in [-0.1, -0.05) is 60.1 Å². The summed E-state index contributed by atoms with van der Waals surface area (Å²) in [6, 6.07) is 0. The third-order valence-corrected chi connectivity index (χ3v) is 14.4. The van der Waals surface area contributed by atoms with Gasteiger partial charge in [0.15, 0.2) is 11.6 Å². The summed E-state index contributed by atoms with van der Waals surface area (Å²) in [5, 5.41) is 3.34. The van der Waals surface area contributed by atoms with E-state index in [2.05, 4.69) is 44.8 Å². The fourth-order valence-electron chi connectivity index (χ4n) is 11.7. The average molecular weight is 603 g/mol. The van der Waals surface area contributed by atoms with Crippen LogP contribution in [-0.2, 0) is 19.1 Å². The first-order valence-electron chi connectivity index (χ1n) is 17.3. The van der Waals surface area contributed by atoms with Gasteiger partial charge in [-0.3, -0.25) is 9.59 Å². The molecule has 6 rings (SSSR count). The summed E-state index contributed by atoms with van der Waals surface area (Å²) in [6.45, 7) is 25.3. The molecule has 4 fully saturated rings. The van der Waals surface area contributed by atoms with Crippen LogP contribution in [0.3, 0.4) is 0 Å². The molecule has 5 aliphatic carbocycles. The lowest BCUT2D eigenvalue weighted by Crippen LogP contribution is -2.64. The van der Waals surface area contributed by atoms with Crippen LogP contribution in [0.4, 0.5) is 0 Å². The summed E-state index contributed by atoms with van der Waals surface area (Å²) >= 11 is 0. The second kappa shape index (κ2) is 10.4. The number of hydrogen-bond donors (Lipinski definition) is 1. The standard InChI is InChI=1S/C38H54N2O4/c1-33(2)15-17-38(14-10-30(42)44-24-11-19-40-20-12-24)18-16-37(7)31(25(38)22-33)27(41)21-29-35(5)23-26(39-8)32(43)34(3,4)28(35)9-13-36(29,37)6/h21,23-25,28,31,40H,9-20,22H2,1-7H3/t25-,28-,31-,35-,36+,37+,38+/m0/s1. The predicted molar refractivity (Wildman–Crippen MR) is 171 cm³/mol.